The van der Waals surface area contributed by atoms with E-state index in [1.807, 2.05) is 51.1 Å². The van der Waals surface area contributed by atoms with E-state index in [0.29, 0.717) is 60.0 Å². The summed E-state index contributed by atoms with van der Waals surface area (Å²) in [4.78, 5) is 32.6. The van der Waals surface area contributed by atoms with Crippen molar-refractivity contribution < 1.29 is 28.1 Å². The number of thiazole rings is 1. The number of allylic oxidation sites excluding steroid dienone is 1. The molecule has 2 heterocycles. The van der Waals surface area contributed by atoms with Crippen molar-refractivity contribution in [3.05, 3.63) is 119 Å². The number of hydrogen-bond donors (Lipinski definition) is 0. The number of benzene rings is 3. The number of fused-ring (bicyclic) bond motifs is 1. The van der Waals surface area contributed by atoms with Gasteiger partial charge in [-0.05, 0) is 98.1 Å². The van der Waals surface area contributed by atoms with Crippen LogP contribution in [0.4, 0.5) is 4.39 Å². The fraction of sp³-hybridized carbons (Fsp3) is 0.286. The Morgan fingerprint density at radius 3 is 2.57 bits per heavy atom. The third kappa shape index (κ3) is 7.10. The minimum absolute atomic E-state index is 0.132. The van der Waals surface area contributed by atoms with Gasteiger partial charge in [-0.3, -0.25) is 9.36 Å². The topological polar surface area (TPSA) is 88.4 Å². The maximum atomic E-state index is 14.2. The average Bonchev–Trinajstić information content (AvgIpc) is 3.30. The molecule has 0 radical (unpaired) electrons. The van der Waals surface area contributed by atoms with Crippen LogP contribution in [0.5, 0.6) is 17.2 Å². The second-order valence-electron chi connectivity index (χ2n) is 10.7. The first-order chi connectivity index (χ1) is 22.1. The van der Waals surface area contributed by atoms with E-state index in [9.17, 15) is 14.0 Å². The van der Waals surface area contributed by atoms with Crippen molar-refractivity contribution in [2.24, 2.45) is 4.99 Å². The summed E-state index contributed by atoms with van der Waals surface area (Å²) >= 11 is 4.81. The molecule has 0 amide bonds. The first-order valence-electron chi connectivity index (χ1n) is 14.9. The van der Waals surface area contributed by atoms with Crippen LogP contribution in [0.1, 0.15) is 57.4 Å². The molecule has 46 heavy (non-hydrogen) atoms. The molecule has 1 aliphatic heterocycles. The highest BCUT2D eigenvalue weighted by molar-refractivity contribution is 9.10. The quantitative estimate of drug-likeness (QED) is 0.166. The Kier molecular flexibility index (Phi) is 10.4. The van der Waals surface area contributed by atoms with Gasteiger partial charge in [0.05, 0.1) is 39.6 Å². The molecule has 0 fully saturated rings. The summed E-state index contributed by atoms with van der Waals surface area (Å²) in [5.74, 6) is 0.602. The molecule has 1 atom stereocenters. The Balaban J connectivity index is 1.62. The van der Waals surface area contributed by atoms with Crippen molar-refractivity contribution in [1.29, 1.82) is 0 Å². The smallest absolute Gasteiger partial charge is 0.338 e. The summed E-state index contributed by atoms with van der Waals surface area (Å²) in [6.07, 6.45) is 1.62. The molecule has 0 N–H and O–H groups in total. The van der Waals surface area contributed by atoms with Gasteiger partial charge in [0.2, 0.25) is 0 Å². The molecular weight excluding hydrogens is 675 g/mol. The molecule has 0 saturated heterocycles. The number of carbonyl (C=O) groups excluding carboxylic acids is 1. The molecule has 0 bridgehead atoms. The first-order valence-corrected chi connectivity index (χ1v) is 16.5. The van der Waals surface area contributed by atoms with Gasteiger partial charge in [0.15, 0.2) is 16.3 Å². The number of carbonyl (C=O) groups is 1. The third-order valence-electron chi connectivity index (χ3n) is 6.99. The Labute approximate surface area is 278 Å². The lowest BCUT2D eigenvalue weighted by atomic mass is 9.95. The predicted molar refractivity (Wildman–Crippen MR) is 179 cm³/mol. The van der Waals surface area contributed by atoms with Crippen LogP contribution in [-0.2, 0) is 16.1 Å². The Morgan fingerprint density at radius 1 is 1.07 bits per heavy atom. The molecule has 11 heteroatoms. The molecule has 1 aromatic heterocycles. The lowest BCUT2D eigenvalue weighted by Gasteiger charge is -2.26. The largest absolute Gasteiger partial charge is 0.491 e. The normalized spacial score (nSPS) is 14.6. The zero-order valence-corrected chi connectivity index (χ0v) is 28.5. The molecule has 240 valence electrons. The van der Waals surface area contributed by atoms with Crippen molar-refractivity contribution in [3.8, 4) is 17.2 Å². The Bertz CT molecular complexity index is 1980. The van der Waals surface area contributed by atoms with Crippen molar-refractivity contribution >= 4 is 39.3 Å². The molecule has 8 nitrogen and oxygen atoms in total. The van der Waals surface area contributed by atoms with E-state index in [0.717, 1.165) is 0 Å². The maximum absolute atomic E-state index is 14.2. The van der Waals surface area contributed by atoms with E-state index in [4.69, 9.17) is 18.9 Å². The number of ether oxygens (including phenoxy) is 4. The molecule has 5 rings (SSSR count). The summed E-state index contributed by atoms with van der Waals surface area (Å²) in [5.41, 5.74) is 2.44. The van der Waals surface area contributed by atoms with Crippen LogP contribution in [0.25, 0.3) is 6.08 Å². The average molecular weight is 710 g/mol. The lowest BCUT2D eigenvalue weighted by molar-refractivity contribution is -0.139. The van der Waals surface area contributed by atoms with Gasteiger partial charge >= 0.3 is 5.97 Å². The van der Waals surface area contributed by atoms with E-state index in [1.165, 1.54) is 28.0 Å². The first kappa shape index (κ1) is 33.2. The minimum atomic E-state index is -0.809. The highest BCUT2D eigenvalue weighted by atomic mass is 79.9. The molecule has 0 aliphatic carbocycles. The number of nitrogens with zero attached hydrogens (tertiary/aromatic N) is 2. The lowest BCUT2D eigenvalue weighted by Crippen LogP contribution is -2.40. The fourth-order valence-electron chi connectivity index (χ4n) is 5.16. The highest BCUT2D eigenvalue weighted by Gasteiger charge is 2.35. The molecule has 0 saturated carbocycles. The Hall–Kier alpha value is -4.22. The fourth-order valence-corrected chi connectivity index (χ4v) is 6.78. The van der Waals surface area contributed by atoms with E-state index < -0.39 is 12.0 Å². The second kappa shape index (κ2) is 14.5. The van der Waals surface area contributed by atoms with Gasteiger partial charge in [-0.25, -0.2) is 14.2 Å². The van der Waals surface area contributed by atoms with Gasteiger partial charge in [0.25, 0.3) is 5.56 Å². The van der Waals surface area contributed by atoms with Crippen LogP contribution < -0.4 is 29.1 Å². The number of esters is 1. The number of aromatic nitrogens is 1. The van der Waals surface area contributed by atoms with E-state index >= 15 is 0 Å². The summed E-state index contributed by atoms with van der Waals surface area (Å²) in [7, 11) is 0. The van der Waals surface area contributed by atoms with Crippen LogP contribution in [-0.4, -0.2) is 29.9 Å². The third-order valence-corrected chi connectivity index (χ3v) is 8.57. The monoisotopic (exact) mass is 708 g/mol. The van der Waals surface area contributed by atoms with Crippen LogP contribution in [0.3, 0.4) is 0 Å². The van der Waals surface area contributed by atoms with Gasteiger partial charge in [-0.1, -0.05) is 41.7 Å². The zero-order valence-electron chi connectivity index (χ0n) is 26.1. The van der Waals surface area contributed by atoms with Crippen LogP contribution in [0, 0.1) is 5.82 Å². The molecular formula is C35H34BrFN2O6S. The van der Waals surface area contributed by atoms with Crippen molar-refractivity contribution in [3.63, 3.8) is 0 Å². The minimum Gasteiger partial charge on any atom is -0.491 e. The number of para-hydroxylation sites is 1. The molecule has 1 aliphatic rings. The summed E-state index contributed by atoms with van der Waals surface area (Å²) in [5, 5.41) is 0. The molecule has 4 aromatic rings. The van der Waals surface area contributed by atoms with E-state index in [2.05, 4.69) is 20.9 Å². The summed E-state index contributed by atoms with van der Waals surface area (Å²) < 4.78 is 39.7. The van der Waals surface area contributed by atoms with Crippen molar-refractivity contribution in [2.75, 3.05) is 13.2 Å². The second-order valence-corrected chi connectivity index (χ2v) is 12.6. The number of rotatable bonds is 11. The zero-order chi connectivity index (χ0) is 33.0. The van der Waals surface area contributed by atoms with Gasteiger partial charge < -0.3 is 18.9 Å². The van der Waals surface area contributed by atoms with Crippen LogP contribution >= 0.6 is 27.3 Å². The standard InChI is InChI=1S/C35H34BrFN2O6S/c1-6-42-28-17-23(16-26(36)32(28)44-19-22-11-10-12-24(37)15-22)18-29-33(40)39-31(25-13-8-9-14-27(25)45-20(3)4)30(34(41)43-7-2)21(5)38-35(39)46-29/h8-18,20,31H,6-7,19H2,1-5H3/b29-18+/t31-/m1/s1. The van der Waals surface area contributed by atoms with Crippen molar-refractivity contribution in [1.82, 2.24) is 4.57 Å². The molecule has 0 spiro atoms. The van der Waals surface area contributed by atoms with E-state index in [-0.39, 0.29) is 36.3 Å². The maximum Gasteiger partial charge on any atom is 0.338 e. The number of hydrogen-bond acceptors (Lipinski definition) is 8. The molecule has 0 unspecified atom stereocenters. The van der Waals surface area contributed by atoms with Crippen molar-refractivity contribution in [2.45, 2.75) is 53.4 Å². The van der Waals surface area contributed by atoms with E-state index in [1.54, 1.807) is 38.1 Å². The van der Waals surface area contributed by atoms with Gasteiger partial charge in [0.1, 0.15) is 24.2 Å². The van der Waals surface area contributed by atoms with Gasteiger partial charge in [0, 0.05) is 5.56 Å². The predicted octanol–water partition coefficient (Wildman–Crippen LogP) is 6.46. The molecule has 3 aromatic carbocycles. The highest BCUT2D eigenvalue weighted by Crippen LogP contribution is 2.38. The van der Waals surface area contributed by atoms with Crippen LogP contribution in [0.2, 0.25) is 0 Å². The summed E-state index contributed by atoms with van der Waals surface area (Å²) in [6, 6.07) is 16.4. The SMILES string of the molecule is CCOC(=O)C1=C(C)N=c2s/c(=C/c3cc(Br)c(OCc4cccc(F)c4)c(OCC)c3)c(=O)n2[C@@H]1c1ccccc1OC(C)C. The number of halogens is 2. The summed E-state index contributed by atoms with van der Waals surface area (Å²) in [6.45, 7) is 9.87. The Morgan fingerprint density at radius 2 is 1.85 bits per heavy atom. The van der Waals surface area contributed by atoms with Gasteiger partial charge in [-0.2, -0.15) is 0 Å². The van der Waals surface area contributed by atoms with Crippen LogP contribution in [0.15, 0.2) is 86.2 Å². The van der Waals surface area contributed by atoms with Gasteiger partial charge in [-0.15, -0.1) is 0 Å².